The second-order valence-electron chi connectivity index (χ2n) is 6.20. The molecule has 1 aromatic carbocycles. The van der Waals surface area contributed by atoms with Crippen LogP contribution in [0.4, 0.5) is 5.82 Å². The van der Waals surface area contributed by atoms with Gasteiger partial charge in [0.25, 0.3) is 0 Å². The van der Waals surface area contributed by atoms with Crippen molar-refractivity contribution in [1.29, 1.82) is 0 Å². The molecule has 0 aliphatic heterocycles. The first-order valence-corrected chi connectivity index (χ1v) is 9.95. The second kappa shape index (κ2) is 6.90. The topological polar surface area (TPSA) is 105 Å². The SMILES string of the molecule is CC(=O)Nc1cc(-c2cnc3[nH]cc(S(=O)(=O)c4ccccc4)c3c2)ccn1. The van der Waals surface area contributed by atoms with Gasteiger partial charge in [-0.05, 0) is 35.9 Å². The number of hydrogen-bond donors (Lipinski definition) is 2. The summed E-state index contributed by atoms with van der Waals surface area (Å²) in [6.45, 7) is 1.41. The minimum atomic E-state index is -3.69. The van der Waals surface area contributed by atoms with Gasteiger partial charge in [0.1, 0.15) is 11.5 Å². The minimum Gasteiger partial charge on any atom is -0.345 e. The highest BCUT2D eigenvalue weighted by atomic mass is 32.2. The standard InChI is InChI=1S/C20H16N4O3S/c1-13(25)24-19-10-14(7-8-21-19)15-9-17-18(12-23-20(17)22-11-15)28(26,27)16-5-3-2-4-6-16/h2-12H,1H3,(H,22,23)(H,21,24,25). The summed E-state index contributed by atoms with van der Waals surface area (Å²) in [5.74, 6) is 0.191. The van der Waals surface area contributed by atoms with Gasteiger partial charge in [0, 0.05) is 36.5 Å². The average molecular weight is 392 g/mol. The van der Waals surface area contributed by atoms with Crippen molar-refractivity contribution in [2.75, 3.05) is 5.32 Å². The van der Waals surface area contributed by atoms with E-state index in [1.807, 2.05) is 0 Å². The Bertz CT molecular complexity index is 1280. The Morgan fingerprint density at radius 1 is 1.04 bits per heavy atom. The first-order chi connectivity index (χ1) is 13.4. The zero-order valence-corrected chi connectivity index (χ0v) is 15.7. The van der Waals surface area contributed by atoms with Gasteiger partial charge in [-0.3, -0.25) is 4.79 Å². The Hall–Kier alpha value is -3.52. The average Bonchev–Trinajstić information content (AvgIpc) is 3.12. The van der Waals surface area contributed by atoms with Gasteiger partial charge in [-0.1, -0.05) is 18.2 Å². The van der Waals surface area contributed by atoms with Crippen molar-refractivity contribution < 1.29 is 13.2 Å². The summed E-state index contributed by atoms with van der Waals surface area (Å²) in [5.41, 5.74) is 1.96. The van der Waals surface area contributed by atoms with E-state index in [9.17, 15) is 13.2 Å². The predicted octanol–water partition coefficient (Wildman–Crippen LogP) is 3.42. The van der Waals surface area contributed by atoms with E-state index in [-0.39, 0.29) is 15.7 Å². The molecule has 0 aliphatic carbocycles. The van der Waals surface area contributed by atoms with Gasteiger partial charge >= 0.3 is 0 Å². The van der Waals surface area contributed by atoms with Gasteiger partial charge in [-0.15, -0.1) is 0 Å². The van der Waals surface area contributed by atoms with Gasteiger partial charge in [0.2, 0.25) is 15.7 Å². The molecule has 4 rings (SSSR count). The van der Waals surface area contributed by atoms with Crippen molar-refractivity contribution >= 4 is 32.6 Å². The number of fused-ring (bicyclic) bond motifs is 1. The first-order valence-electron chi connectivity index (χ1n) is 8.46. The van der Waals surface area contributed by atoms with Crippen LogP contribution >= 0.6 is 0 Å². The highest BCUT2D eigenvalue weighted by molar-refractivity contribution is 7.91. The number of carbonyl (C=O) groups is 1. The van der Waals surface area contributed by atoms with Gasteiger partial charge < -0.3 is 10.3 Å². The van der Waals surface area contributed by atoms with E-state index in [1.165, 1.54) is 13.1 Å². The van der Waals surface area contributed by atoms with E-state index >= 15 is 0 Å². The number of nitrogens with one attached hydrogen (secondary N) is 2. The summed E-state index contributed by atoms with van der Waals surface area (Å²) in [6, 6.07) is 13.5. The number of aromatic amines is 1. The van der Waals surface area contributed by atoms with Crippen LogP contribution in [0.2, 0.25) is 0 Å². The number of benzene rings is 1. The Labute approximate surface area is 161 Å². The van der Waals surface area contributed by atoms with Crippen LogP contribution in [0.5, 0.6) is 0 Å². The number of amides is 1. The molecule has 0 bridgehead atoms. The van der Waals surface area contributed by atoms with Crippen LogP contribution in [0.1, 0.15) is 6.92 Å². The Balaban J connectivity index is 1.82. The van der Waals surface area contributed by atoms with Crippen molar-refractivity contribution in [3.63, 3.8) is 0 Å². The Morgan fingerprint density at radius 3 is 2.57 bits per heavy atom. The number of nitrogens with zero attached hydrogens (tertiary/aromatic N) is 2. The van der Waals surface area contributed by atoms with Crippen molar-refractivity contribution in [3.8, 4) is 11.1 Å². The molecule has 0 radical (unpaired) electrons. The molecule has 8 heteroatoms. The third-order valence-corrected chi connectivity index (χ3v) is 6.04. The molecule has 2 N–H and O–H groups in total. The molecule has 3 aromatic heterocycles. The number of rotatable bonds is 4. The molecule has 0 spiro atoms. The van der Waals surface area contributed by atoms with Gasteiger partial charge in [0.05, 0.1) is 9.79 Å². The largest absolute Gasteiger partial charge is 0.345 e. The van der Waals surface area contributed by atoms with Crippen molar-refractivity contribution in [2.24, 2.45) is 0 Å². The second-order valence-corrected chi connectivity index (χ2v) is 8.12. The summed E-state index contributed by atoms with van der Waals surface area (Å²) in [7, 11) is -3.69. The fourth-order valence-corrected chi connectivity index (χ4v) is 4.37. The molecule has 0 aliphatic rings. The van der Waals surface area contributed by atoms with Gasteiger partial charge in [-0.25, -0.2) is 18.4 Å². The minimum absolute atomic E-state index is 0.166. The lowest BCUT2D eigenvalue weighted by Gasteiger charge is -2.06. The van der Waals surface area contributed by atoms with E-state index in [0.29, 0.717) is 22.4 Å². The van der Waals surface area contributed by atoms with E-state index in [1.54, 1.807) is 60.9 Å². The summed E-state index contributed by atoms with van der Waals surface area (Å²) in [6.07, 6.45) is 4.67. The lowest BCUT2D eigenvalue weighted by Crippen LogP contribution is -2.07. The zero-order chi connectivity index (χ0) is 19.7. The maximum absolute atomic E-state index is 13.0. The predicted molar refractivity (Wildman–Crippen MR) is 106 cm³/mol. The number of aromatic nitrogens is 3. The van der Waals surface area contributed by atoms with E-state index in [2.05, 4.69) is 20.3 Å². The van der Waals surface area contributed by atoms with Crippen LogP contribution in [0.3, 0.4) is 0 Å². The van der Waals surface area contributed by atoms with Crippen LogP contribution in [0.25, 0.3) is 22.2 Å². The molecule has 0 fully saturated rings. The number of hydrogen-bond acceptors (Lipinski definition) is 5. The van der Waals surface area contributed by atoms with E-state index in [0.717, 1.165) is 5.56 Å². The van der Waals surface area contributed by atoms with Gasteiger partial charge in [-0.2, -0.15) is 0 Å². The molecule has 140 valence electrons. The monoisotopic (exact) mass is 392 g/mol. The molecule has 0 saturated heterocycles. The third kappa shape index (κ3) is 3.25. The third-order valence-electron chi connectivity index (χ3n) is 4.23. The van der Waals surface area contributed by atoms with Crippen LogP contribution in [-0.4, -0.2) is 29.3 Å². The molecular formula is C20H16N4O3S. The highest BCUT2D eigenvalue weighted by Crippen LogP contribution is 2.30. The summed E-state index contributed by atoms with van der Waals surface area (Å²) in [4.78, 5) is 23.0. The molecule has 0 saturated carbocycles. The maximum atomic E-state index is 13.0. The van der Waals surface area contributed by atoms with Gasteiger partial charge in [0.15, 0.2) is 0 Å². The highest BCUT2D eigenvalue weighted by Gasteiger charge is 2.22. The molecular weight excluding hydrogens is 376 g/mol. The lowest BCUT2D eigenvalue weighted by molar-refractivity contribution is -0.114. The maximum Gasteiger partial charge on any atom is 0.222 e. The van der Waals surface area contributed by atoms with Crippen molar-refractivity contribution in [3.05, 3.63) is 67.1 Å². The smallest absolute Gasteiger partial charge is 0.222 e. The molecule has 0 unspecified atom stereocenters. The number of H-pyrrole nitrogens is 1. The normalized spacial score (nSPS) is 11.5. The number of anilines is 1. The fourth-order valence-electron chi connectivity index (χ4n) is 2.94. The van der Waals surface area contributed by atoms with E-state index < -0.39 is 9.84 Å². The molecule has 1 amide bonds. The molecule has 28 heavy (non-hydrogen) atoms. The molecule has 4 aromatic rings. The van der Waals surface area contributed by atoms with Crippen molar-refractivity contribution in [1.82, 2.24) is 15.0 Å². The number of pyridine rings is 2. The zero-order valence-electron chi connectivity index (χ0n) is 14.9. The van der Waals surface area contributed by atoms with Crippen LogP contribution in [0.15, 0.2) is 76.9 Å². The summed E-state index contributed by atoms with van der Waals surface area (Å²) >= 11 is 0. The molecule has 0 atom stereocenters. The fraction of sp³-hybridized carbons (Fsp3) is 0.0500. The lowest BCUT2D eigenvalue weighted by atomic mass is 10.1. The summed E-state index contributed by atoms with van der Waals surface area (Å²) in [5, 5.41) is 3.13. The van der Waals surface area contributed by atoms with Crippen molar-refractivity contribution in [2.45, 2.75) is 16.7 Å². The van der Waals surface area contributed by atoms with Crippen LogP contribution in [0, 0.1) is 0 Å². The summed E-state index contributed by atoms with van der Waals surface area (Å²) < 4.78 is 26.1. The first kappa shape index (κ1) is 17.9. The van der Waals surface area contributed by atoms with E-state index in [4.69, 9.17) is 0 Å². The number of sulfone groups is 1. The molecule has 3 heterocycles. The van der Waals surface area contributed by atoms with Crippen LogP contribution in [-0.2, 0) is 14.6 Å². The molecule has 7 nitrogen and oxygen atoms in total. The van der Waals surface area contributed by atoms with Crippen LogP contribution < -0.4 is 5.32 Å². The Morgan fingerprint density at radius 2 is 1.82 bits per heavy atom. The quantitative estimate of drug-likeness (QED) is 0.554. The Kier molecular flexibility index (Phi) is 4.40. The number of carbonyl (C=O) groups excluding carboxylic acids is 1.